The molecule has 1 fully saturated rings. The number of methoxy groups -OCH3 is 1. The van der Waals surface area contributed by atoms with Crippen LogP contribution in [0, 0.1) is 0 Å². The first kappa shape index (κ1) is 12.5. The molecule has 1 unspecified atom stereocenters. The van der Waals surface area contributed by atoms with Gasteiger partial charge in [0, 0.05) is 19.2 Å². The van der Waals surface area contributed by atoms with Crippen LogP contribution in [0.1, 0.15) is 32.6 Å². The lowest BCUT2D eigenvalue weighted by Crippen LogP contribution is -2.41. The molecule has 0 bridgehead atoms. The van der Waals surface area contributed by atoms with Gasteiger partial charge in [0.05, 0.1) is 13.2 Å². The summed E-state index contributed by atoms with van der Waals surface area (Å²) < 4.78 is 5.09. The molecular weight excluding hydrogens is 192 g/mol. The van der Waals surface area contributed by atoms with E-state index in [9.17, 15) is 4.79 Å². The summed E-state index contributed by atoms with van der Waals surface area (Å²) in [4.78, 5) is 11.4. The summed E-state index contributed by atoms with van der Waals surface area (Å²) in [5.41, 5.74) is 0. The van der Waals surface area contributed by atoms with Gasteiger partial charge in [0.25, 0.3) is 0 Å². The lowest BCUT2D eigenvalue weighted by Gasteiger charge is -2.16. The predicted octanol–water partition coefficient (Wildman–Crippen LogP) is 0.670. The minimum Gasteiger partial charge on any atom is -0.383 e. The second-order valence-electron chi connectivity index (χ2n) is 4.16. The lowest BCUT2D eigenvalue weighted by molar-refractivity contribution is -0.120. The van der Waals surface area contributed by atoms with E-state index in [-0.39, 0.29) is 5.91 Å². The van der Waals surface area contributed by atoms with Crippen molar-refractivity contribution in [3.8, 4) is 0 Å². The first-order valence-corrected chi connectivity index (χ1v) is 5.78. The van der Waals surface area contributed by atoms with Crippen molar-refractivity contribution in [1.82, 2.24) is 10.6 Å². The molecule has 1 rings (SSSR count). The van der Waals surface area contributed by atoms with Crippen LogP contribution in [0.15, 0.2) is 0 Å². The molecule has 0 aromatic carbocycles. The SMILES string of the molecule is CCCC(COC)NCC(=O)NC1CC1. The molecule has 1 saturated carbocycles. The largest absolute Gasteiger partial charge is 0.383 e. The van der Waals surface area contributed by atoms with E-state index >= 15 is 0 Å². The Morgan fingerprint density at radius 1 is 1.53 bits per heavy atom. The summed E-state index contributed by atoms with van der Waals surface area (Å²) in [6.45, 7) is 3.21. The maximum absolute atomic E-state index is 11.4. The molecule has 0 aromatic heterocycles. The molecule has 4 nitrogen and oxygen atoms in total. The average molecular weight is 214 g/mol. The van der Waals surface area contributed by atoms with Crippen molar-refractivity contribution >= 4 is 5.91 Å². The van der Waals surface area contributed by atoms with Gasteiger partial charge in [-0.3, -0.25) is 4.79 Å². The van der Waals surface area contributed by atoms with Gasteiger partial charge >= 0.3 is 0 Å². The predicted molar refractivity (Wildman–Crippen MR) is 59.7 cm³/mol. The van der Waals surface area contributed by atoms with Crippen LogP contribution in [0.5, 0.6) is 0 Å². The van der Waals surface area contributed by atoms with Crippen LogP contribution in [0.2, 0.25) is 0 Å². The molecule has 88 valence electrons. The Balaban J connectivity index is 2.10. The van der Waals surface area contributed by atoms with Gasteiger partial charge in [-0.15, -0.1) is 0 Å². The third kappa shape index (κ3) is 5.74. The van der Waals surface area contributed by atoms with Crippen molar-refractivity contribution in [3.05, 3.63) is 0 Å². The van der Waals surface area contributed by atoms with Gasteiger partial charge in [0.1, 0.15) is 0 Å². The number of carbonyl (C=O) groups is 1. The molecule has 1 aliphatic rings. The fraction of sp³-hybridized carbons (Fsp3) is 0.909. The molecule has 4 heteroatoms. The summed E-state index contributed by atoms with van der Waals surface area (Å²) in [5, 5.41) is 6.17. The number of rotatable bonds is 8. The van der Waals surface area contributed by atoms with Gasteiger partial charge in [0.2, 0.25) is 5.91 Å². The van der Waals surface area contributed by atoms with Gasteiger partial charge in [-0.05, 0) is 19.3 Å². The van der Waals surface area contributed by atoms with E-state index in [2.05, 4.69) is 17.6 Å². The van der Waals surface area contributed by atoms with Crippen LogP contribution in [-0.2, 0) is 9.53 Å². The molecule has 1 amide bonds. The number of carbonyl (C=O) groups excluding carboxylic acids is 1. The third-order valence-corrected chi connectivity index (χ3v) is 2.50. The van der Waals surface area contributed by atoms with Gasteiger partial charge in [-0.2, -0.15) is 0 Å². The summed E-state index contributed by atoms with van der Waals surface area (Å²) in [6.07, 6.45) is 4.43. The normalized spacial score (nSPS) is 17.5. The highest BCUT2D eigenvalue weighted by Crippen LogP contribution is 2.18. The average Bonchev–Trinajstić information content (AvgIpc) is 2.99. The van der Waals surface area contributed by atoms with Crippen LogP contribution < -0.4 is 10.6 Å². The Morgan fingerprint density at radius 2 is 2.27 bits per heavy atom. The highest BCUT2D eigenvalue weighted by molar-refractivity contribution is 5.78. The smallest absolute Gasteiger partial charge is 0.234 e. The van der Waals surface area contributed by atoms with E-state index in [1.807, 2.05) is 0 Å². The van der Waals surface area contributed by atoms with Crippen molar-refractivity contribution in [2.75, 3.05) is 20.3 Å². The molecule has 0 aromatic rings. The van der Waals surface area contributed by atoms with Crippen LogP contribution >= 0.6 is 0 Å². The number of ether oxygens (including phenoxy) is 1. The summed E-state index contributed by atoms with van der Waals surface area (Å²) >= 11 is 0. The standard InChI is InChI=1S/C11H22N2O2/c1-3-4-10(8-15-2)12-7-11(14)13-9-5-6-9/h9-10,12H,3-8H2,1-2H3,(H,13,14). The summed E-state index contributed by atoms with van der Waals surface area (Å²) in [7, 11) is 1.69. The van der Waals surface area contributed by atoms with Crippen LogP contribution in [-0.4, -0.2) is 38.3 Å². The van der Waals surface area contributed by atoms with E-state index in [1.54, 1.807) is 7.11 Å². The molecule has 2 N–H and O–H groups in total. The number of hydrogen-bond donors (Lipinski definition) is 2. The van der Waals surface area contributed by atoms with Crippen molar-refractivity contribution in [2.45, 2.75) is 44.7 Å². The van der Waals surface area contributed by atoms with E-state index < -0.39 is 0 Å². The second kappa shape index (κ2) is 6.80. The lowest BCUT2D eigenvalue weighted by atomic mass is 10.2. The first-order chi connectivity index (χ1) is 7.26. The quantitative estimate of drug-likeness (QED) is 0.624. The van der Waals surface area contributed by atoms with E-state index in [1.165, 1.54) is 0 Å². The first-order valence-electron chi connectivity index (χ1n) is 5.78. The zero-order valence-corrected chi connectivity index (χ0v) is 9.71. The van der Waals surface area contributed by atoms with Crippen molar-refractivity contribution in [1.29, 1.82) is 0 Å². The fourth-order valence-corrected chi connectivity index (χ4v) is 1.54. The van der Waals surface area contributed by atoms with Crippen molar-refractivity contribution < 1.29 is 9.53 Å². The van der Waals surface area contributed by atoms with Gasteiger partial charge in [-0.1, -0.05) is 13.3 Å². The molecule has 15 heavy (non-hydrogen) atoms. The molecule has 0 spiro atoms. The van der Waals surface area contributed by atoms with Crippen LogP contribution in [0.4, 0.5) is 0 Å². The van der Waals surface area contributed by atoms with E-state index in [0.717, 1.165) is 25.7 Å². The van der Waals surface area contributed by atoms with Crippen LogP contribution in [0.25, 0.3) is 0 Å². The van der Waals surface area contributed by atoms with Gasteiger partial charge in [-0.25, -0.2) is 0 Å². The summed E-state index contributed by atoms with van der Waals surface area (Å²) in [5.74, 6) is 0.106. The van der Waals surface area contributed by atoms with Crippen LogP contribution in [0.3, 0.4) is 0 Å². The third-order valence-electron chi connectivity index (χ3n) is 2.50. The van der Waals surface area contributed by atoms with Gasteiger partial charge < -0.3 is 15.4 Å². The van der Waals surface area contributed by atoms with Gasteiger partial charge in [0.15, 0.2) is 0 Å². The van der Waals surface area contributed by atoms with Crippen molar-refractivity contribution in [3.63, 3.8) is 0 Å². The minimum absolute atomic E-state index is 0.106. The molecule has 0 saturated heterocycles. The molecular formula is C11H22N2O2. The molecule has 0 aliphatic heterocycles. The zero-order chi connectivity index (χ0) is 11.1. The Morgan fingerprint density at radius 3 is 2.80 bits per heavy atom. The topological polar surface area (TPSA) is 50.4 Å². The molecule has 1 atom stereocenters. The maximum atomic E-state index is 11.4. The Hall–Kier alpha value is -0.610. The Bertz CT molecular complexity index is 187. The monoisotopic (exact) mass is 214 g/mol. The number of nitrogens with one attached hydrogen (secondary N) is 2. The summed E-state index contributed by atoms with van der Waals surface area (Å²) in [6, 6.07) is 0.747. The highest BCUT2D eigenvalue weighted by atomic mass is 16.5. The molecule has 1 aliphatic carbocycles. The maximum Gasteiger partial charge on any atom is 0.234 e. The molecule has 0 radical (unpaired) electrons. The Kier molecular flexibility index (Phi) is 5.65. The van der Waals surface area contributed by atoms with E-state index in [0.29, 0.717) is 25.2 Å². The highest BCUT2D eigenvalue weighted by Gasteiger charge is 2.23. The Labute approximate surface area is 91.8 Å². The van der Waals surface area contributed by atoms with E-state index in [4.69, 9.17) is 4.74 Å². The molecule has 0 heterocycles. The number of amides is 1. The zero-order valence-electron chi connectivity index (χ0n) is 9.71. The number of hydrogen-bond acceptors (Lipinski definition) is 3. The minimum atomic E-state index is 0.106. The fourth-order valence-electron chi connectivity index (χ4n) is 1.54. The van der Waals surface area contributed by atoms with Crippen molar-refractivity contribution in [2.24, 2.45) is 0 Å². The second-order valence-corrected chi connectivity index (χ2v) is 4.16.